The second-order valence-corrected chi connectivity index (χ2v) is 6.82. The number of hydrogen-bond donors (Lipinski definition) is 2. The zero-order valence-corrected chi connectivity index (χ0v) is 16.7. The van der Waals surface area contributed by atoms with Crippen LogP contribution in [0.15, 0.2) is 48.5 Å². The fraction of sp³-hybridized carbons (Fsp3) is 0.364. The lowest BCUT2D eigenvalue weighted by atomic mass is 10.2. The van der Waals surface area contributed by atoms with E-state index in [2.05, 4.69) is 24.5 Å². The molecule has 0 fully saturated rings. The molecule has 0 unspecified atom stereocenters. The van der Waals surface area contributed by atoms with Crippen LogP contribution in [0.1, 0.15) is 37.6 Å². The van der Waals surface area contributed by atoms with Crippen molar-refractivity contribution in [2.45, 2.75) is 27.2 Å². The minimum Gasteiger partial charge on any atom is -0.491 e. The number of hydrogen-bond acceptors (Lipinski definition) is 5. The van der Waals surface area contributed by atoms with E-state index in [4.69, 9.17) is 9.47 Å². The first-order valence-corrected chi connectivity index (χ1v) is 9.52. The molecule has 28 heavy (non-hydrogen) atoms. The third-order valence-corrected chi connectivity index (χ3v) is 3.74. The largest absolute Gasteiger partial charge is 0.491 e. The Kier molecular flexibility index (Phi) is 8.34. The third kappa shape index (κ3) is 6.95. The second kappa shape index (κ2) is 11.0. The van der Waals surface area contributed by atoms with E-state index in [-0.39, 0.29) is 18.4 Å². The van der Waals surface area contributed by atoms with Gasteiger partial charge in [0.1, 0.15) is 5.75 Å². The van der Waals surface area contributed by atoms with Crippen LogP contribution in [0.3, 0.4) is 0 Å². The van der Waals surface area contributed by atoms with Gasteiger partial charge in [-0.2, -0.15) is 0 Å². The molecule has 6 heteroatoms. The molecule has 0 atom stereocenters. The number of esters is 1. The van der Waals surface area contributed by atoms with Crippen LogP contribution in [0.25, 0.3) is 0 Å². The molecule has 2 aromatic rings. The average molecular weight is 384 g/mol. The van der Waals surface area contributed by atoms with Crippen molar-refractivity contribution in [3.63, 3.8) is 0 Å². The molecule has 150 valence electrons. The number of benzene rings is 2. The Morgan fingerprint density at radius 1 is 1.04 bits per heavy atom. The van der Waals surface area contributed by atoms with Gasteiger partial charge in [0.2, 0.25) is 5.91 Å². The first-order valence-electron chi connectivity index (χ1n) is 9.52. The number of carbonyl (C=O) groups is 2. The molecule has 0 heterocycles. The van der Waals surface area contributed by atoms with E-state index >= 15 is 0 Å². The first-order chi connectivity index (χ1) is 13.5. The first kappa shape index (κ1) is 21.3. The molecule has 0 aliphatic carbocycles. The smallest absolute Gasteiger partial charge is 0.338 e. The lowest BCUT2D eigenvalue weighted by molar-refractivity contribution is -0.114. The Morgan fingerprint density at radius 3 is 2.43 bits per heavy atom. The minimum absolute atomic E-state index is 0.0954. The van der Waals surface area contributed by atoms with Gasteiger partial charge in [0.15, 0.2) is 0 Å². The summed E-state index contributed by atoms with van der Waals surface area (Å²) >= 11 is 0. The van der Waals surface area contributed by atoms with Crippen LogP contribution in [0, 0.1) is 5.92 Å². The summed E-state index contributed by atoms with van der Waals surface area (Å²) in [6.07, 6.45) is 0.784. The molecule has 0 saturated heterocycles. The van der Waals surface area contributed by atoms with Crippen LogP contribution >= 0.6 is 0 Å². The van der Waals surface area contributed by atoms with Crippen molar-refractivity contribution in [3.8, 4) is 5.75 Å². The van der Waals surface area contributed by atoms with Gasteiger partial charge in [-0.25, -0.2) is 4.79 Å². The van der Waals surface area contributed by atoms with Crippen molar-refractivity contribution < 1.29 is 19.1 Å². The molecule has 0 saturated carbocycles. The number of para-hydroxylation sites is 2. The average Bonchev–Trinajstić information content (AvgIpc) is 2.70. The SMILES string of the molecule is CCCOC(=O)c1ccc(NCC(=O)Nc2ccccc2OCC(C)C)cc1. The highest BCUT2D eigenvalue weighted by Gasteiger charge is 2.09. The number of anilines is 2. The lowest BCUT2D eigenvalue weighted by Gasteiger charge is -2.14. The normalized spacial score (nSPS) is 10.4. The molecule has 2 N–H and O–H groups in total. The van der Waals surface area contributed by atoms with Gasteiger partial charge in [-0.3, -0.25) is 4.79 Å². The van der Waals surface area contributed by atoms with Gasteiger partial charge < -0.3 is 20.1 Å². The van der Waals surface area contributed by atoms with Crippen molar-refractivity contribution >= 4 is 23.3 Å². The predicted octanol–water partition coefficient (Wildman–Crippen LogP) is 4.34. The zero-order valence-electron chi connectivity index (χ0n) is 16.7. The Hall–Kier alpha value is -3.02. The van der Waals surface area contributed by atoms with Crippen LogP contribution < -0.4 is 15.4 Å². The number of carbonyl (C=O) groups excluding carboxylic acids is 2. The van der Waals surface area contributed by atoms with Gasteiger partial charge in [0, 0.05) is 5.69 Å². The maximum absolute atomic E-state index is 12.3. The molecule has 0 spiro atoms. The van der Waals surface area contributed by atoms with Gasteiger partial charge in [-0.15, -0.1) is 0 Å². The molecule has 6 nitrogen and oxygen atoms in total. The third-order valence-electron chi connectivity index (χ3n) is 3.74. The predicted molar refractivity (Wildman–Crippen MR) is 111 cm³/mol. The van der Waals surface area contributed by atoms with Crippen molar-refractivity contribution in [1.82, 2.24) is 0 Å². The molecule has 0 aliphatic rings. The molecular formula is C22H28N2O4. The van der Waals surface area contributed by atoms with Crippen molar-refractivity contribution in [2.75, 3.05) is 30.4 Å². The number of rotatable bonds is 10. The van der Waals surface area contributed by atoms with Gasteiger partial charge >= 0.3 is 5.97 Å². The highest BCUT2D eigenvalue weighted by Crippen LogP contribution is 2.24. The van der Waals surface area contributed by atoms with E-state index in [0.717, 1.165) is 12.1 Å². The monoisotopic (exact) mass is 384 g/mol. The minimum atomic E-state index is -0.343. The van der Waals surface area contributed by atoms with Crippen molar-refractivity contribution in [1.29, 1.82) is 0 Å². The van der Waals surface area contributed by atoms with Crippen LogP contribution in [-0.4, -0.2) is 31.6 Å². The quantitative estimate of drug-likeness (QED) is 0.596. The van der Waals surface area contributed by atoms with E-state index in [1.165, 1.54) is 0 Å². The highest BCUT2D eigenvalue weighted by molar-refractivity contribution is 5.95. The Bertz CT molecular complexity index is 772. The second-order valence-electron chi connectivity index (χ2n) is 6.82. The standard InChI is InChI=1S/C22H28N2O4/c1-4-13-27-22(26)17-9-11-18(12-10-17)23-14-21(25)24-19-7-5-6-8-20(19)28-15-16(2)3/h5-12,16,23H,4,13-15H2,1-3H3,(H,24,25). The van der Waals surface area contributed by atoms with Gasteiger partial charge in [-0.1, -0.05) is 32.9 Å². The van der Waals surface area contributed by atoms with E-state index in [1.807, 2.05) is 31.2 Å². The van der Waals surface area contributed by atoms with Gasteiger partial charge in [-0.05, 0) is 48.7 Å². The van der Waals surface area contributed by atoms with Gasteiger partial charge in [0.05, 0.1) is 31.0 Å². The summed E-state index contributed by atoms with van der Waals surface area (Å²) in [5.74, 6) is 0.517. The molecule has 2 rings (SSSR count). The maximum Gasteiger partial charge on any atom is 0.338 e. The van der Waals surface area contributed by atoms with Crippen LogP contribution in [0.2, 0.25) is 0 Å². The number of nitrogens with one attached hydrogen (secondary N) is 2. The molecule has 0 radical (unpaired) electrons. The topological polar surface area (TPSA) is 76.7 Å². The summed E-state index contributed by atoms with van der Waals surface area (Å²) in [4.78, 5) is 24.1. The van der Waals surface area contributed by atoms with Crippen LogP contribution in [0.5, 0.6) is 5.75 Å². The Morgan fingerprint density at radius 2 is 1.75 bits per heavy atom. The zero-order chi connectivity index (χ0) is 20.4. The molecule has 0 aliphatic heterocycles. The maximum atomic E-state index is 12.3. The molecule has 0 aromatic heterocycles. The Labute approximate surface area is 166 Å². The van der Waals surface area contributed by atoms with E-state index < -0.39 is 0 Å². The summed E-state index contributed by atoms with van der Waals surface area (Å²) in [5, 5.41) is 5.90. The molecular weight excluding hydrogens is 356 g/mol. The summed E-state index contributed by atoms with van der Waals surface area (Å²) < 4.78 is 10.8. The fourth-order valence-corrected chi connectivity index (χ4v) is 2.33. The van der Waals surface area contributed by atoms with Crippen LogP contribution in [-0.2, 0) is 9.53 Å². The summed E-state index contributed by atoms with van der Waals surface area (Å²) in [6, 6.07) is 14.2. The molecule has 2 aromatic carbocycles. The van der Waals surface area contributed by atoms with Crippen LogP contribution in [0.4, 0.5) is 11.4 Å². The lowest BCUT2D eigenvalue weighted by Crippen LogP contribution is -2.22. The number of amides is 1. The Balaban J connectivity index is 1.87. The van der Waals surface area contributed by atoms with E-state index in [9.17, 15) is 9.59 Å². The number of ether oxygens (including phenoxy) is 2. The van der Waals surface area contributed by atoms with E-state index in [1.54, 1.807) is 24.3 Å². The molecule has 1 amide bonds. The van der Waals surface area contributed by atoms with Crippen molar-refractivity contribution in [2.24, 2.45) is 5.92 Å². The van der Waals surface area contributed by atoms with E-state index in [0.29, 0.717) is 36.1 Å². The molecule has 0 bridgehead atoms. The summed E-state index contributed by atoms with van der Waals surface area (Å²) in [5.41, 5.74) is 1.87. The fourth-order valence-electron chi connectivity index (χ4n) is 2.33. The van der Waals surface area contributed by atoms with Gasteiger partial charge in [0.25, 0.3) is 0 Å². The highest BCUT2D eigenvalue weighted by atomic mass is 16.5. The summed E-state index contributed by atoms with van der Waals surface area (Å²) in [7, 11) is 0. The van der Waals surface area contributed by atoms with Crippen molar-refractivity contribution in [3.05, 3.63) is 54.1 Å². The summed E-state index contributed by atoms with van der Waals surface area (Å²) in [6.45, 7) is 7.16.